The molecule has 0 saturated carbocycles. The lowest BCUT2D eigenvalue weighted by Crippen LogP contribution is -2.32. The molecule has 2 N–H and O–H groups in total. The fourth-order valence-electron chi connectivity index (χ4n) is 1.97. The number of amides is 1. The topological polar surface area (TPSA) is 41.1 Å². The fraction of sp³-hybridized carbons (Fsp3) is 0.235. The van der Waals surface area contributed by atoms with Crippen LogP contribution in [0.5, 0.6) is 0 Å². The van der Waals surface area contributed by atoms with Gasteiger partial charge in [0.1, 0.15) is 11.9 Å². The van der Waals surface area contributed by atoms with Gasteiger partial charge in [0.25, 0.3) is 0 Å². The quantitative estimate of drug-likeness (QED) is 0.895. The first kappa shape index (κ1) is 15.0. The first-order valence-electron chi connectivity index (χ1n) is 6.86. The maximum absolute atomic E-state index is 12.8. The molecule has 2 aromatic rings. The summed E-state index contributed by atoms with van der Waals surface area (Å²) in [4.78, 5) is 12.1. The second-order valence-electron chi connectivity index (χ2n) is 5.18. The molecule has 0 aliphatic heterocycles. The lowest BCUT2D eigenvalue weighted by Gasteiger charge is -2.17. The zero-order valence-electron chi connectivity index (χ0n) is 12.4. The molecule has 0 spiro atoms. The Morgan fingerprint density at radius 3 is 2.43 bits per heavy atom. The number of carbonyl (C=O) groups is 1. The van der Waals surface area contributed by atoms with Crippen molar-refractivity contribution in [2.75, 3.05) is 10.6 Å². The smallest absolute Gasteiger partial charge is 0.246 e. The van der Waals surface area contributed by atoms with E-state index in [1.807, 2.05) is 32.0 Å². The van der Waals surface area contributed by atoms with Crippen LogP contribution in [0.4, 0.5) is 15.8 Å². The monoisotopic (exact) mass is 286 g/mol. The highest BCUT2D eigenvalue weighted by atomic mass is 19.1. The molecule has 4 heteroatoms. The van der Waals surface area contributed by atoms with E-state index in [-0.39, 0.29) is 11.7 Å². The van der Waals surface area contributed by atoms with Gasteiger partial charge in [-0.15, -0.1) is 0 Å². The number of aryl methyl sites for hydroxylation is 2. The first-order valence-corrected chi connectivity index (χ1v) is 6.86. The molecule has 0 fully saturated rings. The van der Waals surface area contributed by atoms with Crippen LogP contribution < -0.4 is 10.6 Å². The number of halogens is 1. The van der Waals surface area contributed by atoms with Gasteiger partial charge >= 0.3 is 0 Å². The highest BCUT2D eigenvalue weighted by Crippen LogP contribution is 2.18. The minimum atomic E-state index is -0.393. The molecule has 2 aromatic carbocycles. The summed E-state index contributed by atoms with van der Waals surface area (Å²) in [7, 11) is 0. The summed E-state index contributed by atoms with van der Waals surface area (Å²) in [6, 6.07) is 11.4. The third-order valence-electron chi connectivity index (χ3n) is 3.27. The van der Waals surface area contributed by atoms with E-state index in [1.165, 1.54) is 24.3 Å². The van der Waals surface area contributed by atoms with Gasteiger partial charge in [-0.05, 0) is 62.2 Å². The Bertz CT molecular complexity index is 638. The number of hydrogen-bond acceptors (Lipinski definition) is 2. The summed E-state index contributed by atoms with van der Waals surface area (Å²) in [5.74, 6) is -0.489. The van der Waals surface area contributed by atoms with Gasteiger partial charge in [0.15, 0.2) is 0 Å². The maximum atomic E-state index is 12.8. The van der Waals surface area contributed by atoms with Gasteiger partial charge < -0.3 is 10.6 Å². The third-order valence-corrected chi connectivity index (χ3v) is 3.27. The Hall–Kier alpha value is -2.36. The average Bonchev–Trinajstić information content (AvgIpc) is 2.45. The molecule has 1 amide bonds. The van der Waals surface area contributed by atoms with E-state index < -0.39 is 6.04 Å². The number of nitrogens with one attached hydrogen (secondary N) is 2. The van der Waals surface area contributed by atoms with Crippen molar-refractivity contribution in [2.24, 2.45) is 0 Å². The van der Waals surface area contributed by atoms with Crippen LogP contribution in [0, 0.1) is 19.7 Å². The molecule has 0 radical (unpaired) electrons. The summed E-state index contributed by atoms with van der Waals surface area (Å²) in [5, 5.41) is 5.95. The van der Waals surface area contributed by atoms with E-state index in [4.69, 9.17) is 0 Å². The van der Waals surface area contributed by atoms with Crippen LogP contribution in [0.1, 0.15) is 18.1 Å². The lowest BCUT2D eigenvalue weighted by atomic mass is 10.1. The van der Waals surface area contributed by atoms with Gasteiger partial charge in [0, 0.05) is 11.4 Å². The zero-order valence-corrected chi connectivity index (χ0v) is 12.4. The highest BCUT2D eigenvalue weighted by molar-refractivity contribution is 5.96. The Labute approximate surface area is 124 Å². The molecule has 3 nitrogen and oxygen atoms in total. The van der Waals surface area contributed by atoms with Crippen LogP contribution in [0.15, 0.2) is 42.5 Å². The highest BCUT2D eigenvalue weighted by Gasteiger charge is 2.13. The van der Waals surface area contributed by atoms with Crippen LogP contribution >= 0.6 is 0 Å². The molecule has 110 valence electrons. The molecule has 0 aliphatic carbocycles. The van der Waals surface area contributed by atoms with Crippen LogP contribution in [-0.4, -0.2) is 11.9 Å². The number of anilines is 2. The molecule has 0 bridgehead atoms. The Morgan fingerprint density at radius 1 is 1.10 bits per heavy atom. The predicted octanol–water partition coefficient (Wildman–Crippen LogP) is 3.88. The van der Waals surface area contributed by atoms with E-state index >= 15 is 0 Å². The van der Waals surface area contributed by atoms with Gasteiger partial charge in [-0.25, -0.2) is 4.39 Å². The molecule has 21 heavy (non-hydrogen) atoms. The molecule has 2 rings (SSSR count). The standard InChI is InChI=1S/C17H19FN2O/c1-11-4-5-12(2)16(10-11)19-13(3)17(21)20-15-8-6-14(18)7-9-15/h4-10,13,19H,1-3H3,(H,20,21). The summed E-state index contributed by atoms with van der Waals surface area (Å²) in [6.45, 7) is 5.79. The number of carbonyl (C=O) groups excluding carboxylic acids is 1. The van der Waals surface area contributed by atoms with Gasteiger partial charge in [0.2, 0.25) is 5.91 Å². The van der Waals surface area contributed by atoms with Gasteiger partial charge in [-0.1, -0.05) is 12.1 Å². The van der Waals surface area contributed by atoms with E-state index in [0.717, 1.165) is 16.8 Å². The van der Waals surface area contributed by atoms with Crippen molar-refractivity contribution in [2.45, 2.75) is 26.8 Å². The molecule has 1 unspecified atom stereocenters. The van der Waals surface area contributed by atoms with Crippen molar-refractivity contribution in [1.82, 2.24) is 0 Å². The Kier molecular flexibility index (Phi) is 4.58. The zero-order chi connectivity index (χ0) is 15.4. The van der Waals surface area contributed by atoms with Crippen LogP contribution in [0.25, 0.3) is 0 Å². The molecule has 0 aromatic heterocycles. The first-order chi connectivity index (χ1) is 9.95. The van der Waals surface area contributed by atoms with Crippen molar-refractivity contribution in [3.05, 3.63) is 59.4 Å². The molecule has 0 saturated heterocycles. The van der Waals surface area contributed by atoms with E-state index in [2.05, 4.69) is 10.6 Å². The van der Waals surface area contributed by atoms with Crippen molar-refractivity contribution in [3.63, 3.8) is 0 Å². The second kappa shape index (κ2) is 6.39. The minimum Gasteiger partial charge on any atom is -0.374 e. The van der Waals surface area contributed by atoms with Crippen LogP contribution in [0.3, 0.4) is 0 Å². The Balaban J connectivity index is 2.02. The largest absolute Gasteiger partial charge is 0.374 e. The molecule has 1 atom stereocenters. The molecule has 0 aliphatic rings. The number of benzene rings is 2. The number of hydrogen-bond donors (Lipinski definition) is 2. The van der Waals surface area contributed by atoms with E-state index in [0.29, 0.717) is 5.69 Å². The van der Waals surface area contributed by atoms with Gasteiger partial charge in [-0.2, -0.15) is 0 Å². The third kappa shape index (κ3) is 4.05. The summed E-state index contributed by atoms with van der Waals surface area (Å²) in [5.41, 5.74) is 3.74. The van der Waals surface area contributed by atoms with Crippen molar-refractivity contribution in [3.8, 4) is 0 Å². The average molecular weight is 286 g/mol. The van der Waals surface area contributed by atoms with Gasteiger partial charge in [0.05, 0.1) is 0 Å². The van der Waals surface area contributed by atoms with Crippen molar-refractivity contribution < 1.29 is 9.18 Å². The Morgan fingerprint density at radius 2 is 1.76 bits per heavy atom. The normalized spacial score (nSPS) is 11.8. The van der Waals surface area contributed by atoms with Crippen molar-refractivity contribution >= 4 is 17.3 Å². The molecular formula is C17H19FN2O. The summed E-state index contributed by atoms with van der Waals surface area (Å²) in [6.07, 6.45) is 0. The van der Waals surface area contributed by atoms with Gasteiger partial charge in [-0.3, -0.25) is 4.79 Å². The predicted molar refractivity (Wildman–Crippen MR) is 84.0 cm³/mol. The molecule has 0 heterocycles. The fourth-order valence-corrected chi connectivity index (χ4v) is 1.97. The lowest BCUT2D eigenvalue weighted by molar-refractivity contribution is -0.116. The second-order valence-corrected chi connectivity index (χ2v) is 5.18. The van der Waals surface area contributed by atoms with Crippen LogP contribution in [-0.2, 0) is 4.79 Å². The van der Waals surface area contributed by atoms with E-state index in [9.17, 15) is 9.18 Å². The summed E-state index contributed by atoms with van der Waals surface area (Å²) < 4.78 is 12.8. The minimum absolute atomic E-state index is 0.164. The summed E-state index contributed by atoms with van der Waals surface area (Å²) >= 11 is 0. The van der Waals surface area contributed by atoms with E-state index in [1.54, 1.807) is 6.92 Å². The number of rotatable bonds is 4. The molecular weight excluding hydrogens is 267 g/mol. The van der Waals surface area contributed by atoms with Crippen molar-refractivity contribution in [1.29, 1.82) is 0 Å². The van der Waals surface area contributed by atoms with Crippen LogP contribution in [0.2, 0.25) is 0 Å². The SMILES string of the molecule is Cc1ccc(C)c(NC(C)C(=O)Nc2ccc(F)cc2)c1. The maximum Gasteiger partial charge on any atom is 0.246 e.